The molecule has 0 saturated carbocycles. The molecule has 7 heteroatoms. The van der Waals surface area contributed by atoms with E-state index in [0.717, 1.165) is 30.4 Å². The molecule has 0 atom stereocenters. The van der Waals surface area contributed by atoms with E-state index in [-0.39, 0.29) is 24.0 Å². The molecule has 0 aliphatic rings. The van der Waals surface area contributed by atoms with Crippen LogP contribution >= 0.6 is 24.0 Å². The standard InChI is InChI=1S/C24H31N5O.HI/c1-4-26-24(28-16-22-10-9-19(3)13-23(22)30-5-2)27-15-20-7-6-8-21(14-20)17-29-12-11-25-18-29;/h6-14,18H,4-5,15-17H2,1-3H3,(H2,26,27,28);1H. The molecule has 1 heterocycles. The summed E-state index contributed by atoms with van der Waals surface area (Å²) < 4.78 is 7.85. The van der Waals surface area contributed by atoms with Gasteiger partial charge in [0.25, 0.3) is 0 Å². The molecule has 0 aliphatic heterocycles. The van der Waals surface area contributed by atoms with E-state index in [1.54, 1.807) is 6.20 Å². The minimum absolute atomic E-state index is 0. The van der Waals surface area contributed by atoms with E-state index < -0.39 is 0 Å². The number of nitrogens with zero attached hydrogens (tertiary/aromatic N) is 3. The van der Waals surface area contributed by atoms with Crippen LogP contribution in [0.2, 0.25) is 0 Å². The van der Waals surface area contributed by atoms with Crippen LogP contribution in [-0.2, 0) is 19.6 Å². The summed E-state index contributed by atoms with van der Waals surface area (Å²) in [6.45, 7) is 9.68. The lowest BCUT2D eigenvalue weighted by atomic mass is 10.1. The molecule has 0 radical (unpaired) electrons. The molecule has 0 spiro atoms. The van der Waals surface area contributed by atoms with Crippen LogP contribution in [0.15, 0.2) is 66.2 Å². The third kappa shape index (κ3) is 7.90. The second-order valence-electron chi connectivity index (χ2n) is 7.15. The average molecular weight is 533 g/mol. The number of aromatic nitrogens is 2. The Labute approximate surface area is 202 Å². The Bertz CT molecular complexity index is 956. The summed E-state index contributed by atoms with van der Waals surface area (Å²) in [5, 5.41) is 6.75. The van der Waals surface area contributed by atoms with Crippen molar-refractivity contribution in [2.24, 2.45) is 4.99 Å². The monoisotopic (exact) mass is 533 g/mol. The Morgan fingerprint density at radius 1 is 1.10 bits per heavy atom. The van der Waals surface area contributed by atoms with Gasteiger partial charge in [-0.3, -0.25) is 0 Å². The normalized spacial score (nSPS) is 11.0. The Balaban J connectivity index is 0.00000341. The zero-order valence-electron chi connectivity index (χ0n) is 18.5. The highest BCUT2D eigenvalue weighted by Crippen LogP contribution is 2.20. The first kappa shape index (κ1) is 24.7. The first-order valence-electron chi connectivity index (χ1n) is 10.5. The van der Waals surface area contributed by atoms with E-state index in [9.17, 15) is 0 Å². The fourth-order valence-electron chi connectivity index (χ4n) is 3.21. The van der Waals surface area contributed by atoms with E-state index in [1.807, 2.05) is 19.4 Å². The van der Waals surface area contributed by atoms with Crippen molar-refractivity contribution < 1.29 is 4.74 Å². The maximum atomic E-state index is 5.79. The van der Waals surface area contributed by atoms with Crippen molar-refractivity contribution >= 4 is 29.9 Å². The lowest BCUT2D eigenvalue weighted by Gasteiger charge is -2.15. The first-order valence-corrected chi connectivity index (χ1v) is 10.5. The molecule has 0 fully saturated rings. The summed E-state index contributed by atoms with van der Waals surface area (Å²) >= 11 is 0. The number of hydrogen-bond donors (Lipinski definition) is 2. The number of benzene rings is 2. The van der Waals surface area contributed by atoms with Crippen molar-refractivity contribution in [3.63, 3.8) is 0 Å². The summed E-state index contributed by atoms with van der Waals surface area (Å²) in [4.78, 5) is 8.87. The quantitative estimate of drug-likeness (QED) is 0.242. The Morgan fingerprint density at radius 3 is 2.68 bits per heavy atom. The summed E-state index contributed by atoms with van der Waals surface area (Å²) in [6, 6.07) is 14.8. The molecule has 2 aromatic carbocycles. The van der Waals surface area contributed by atoms with Gasteiger partial charge < -0.3 is 19.9 Å². The van der Waals surface area contributed by atoms with E-state index in [4.69, 9.17) is 9.73 Å². The second-order valence-corrected chi connectivity index (χ2v) is 7.15. The maximum Gasteiger partial charge on any atom is 0.191 e. The van der Waals surface area contributed by atoms with Crippen molar-refractivity contribution in [1.29, 1.82) is 0 Å². The molecule has 6 nitrogen and oxygen atoms in total. The zero-order chi connectivity index (χ0) is 21.2. The molecular formula is C24H32IN5O. The Kier molecular flexibility index (Phi) is 10.4. The molecule has 3 rings (SSSR count). The second kappa shape index (κ2) is 13.0. The van der Waals surface area contributed by atoms with Crippen LogP contribution in [0.25, 0.3) is 0 Å². The van der Waals surface area contributed by atoms with Gasteiger partial charge in [-0.1, -0.05) is 36.4 Å². The van der Waals surface area contributed by atoms with Crippen molar-refractivity contribution in [2.45, 2.75) is 40.4 Å². The zero-order valence-corrected chi connectivity index (χ0v) is 20.8. The first-order chi connectivity index (χ1) is 14.7. The van der Waals surface area contributed by atoms with Gasteiger partial charge in [-0.2, -0.15) is 0 Å². The average Bonchev–Trinajstić information content (AvgIpc) is 3.25. The number of halogens is 1. The molecule has 0 bridgehead atoms. The summed E-state index contributed by atoms with van der Waals surface area (Å²) in [5.74, 6) is 1.72. The van der Waals surface area contributed by atoms with E-state index >= 15 is 0 Å². The van der Waals surface area contributed by atoms with Gasteiger partial charge in [0.2, 0.25) is 0 Å². The van der Waals surface area contributed by atoms with Gasteiger partial charge in [0.15, 0.2) is 5.96 Å². The number of guanidine groups is 1. The van der Waals surface area contributed by atoms with E-state index in [2.05, 4.69) is 76.5 Å². The fraction of sp³-hybridized carbons (Fsp3) is 0.333. The number of nitrogens with one attached hydrogen (secondary N) is 2. The topological polar surface area (TPSA) is 63.5 Å². The number of imidazole rings is 1. The van der Waals surface area contributed by atoms with Crippen LogP contribution < -0.4 is 15.4 Å². The molecule has 0 unspecified atom stereocenters. The van der Waals surface area contributed by atoms with Gasteiger partial charge in [-0.25, -0.2) is 9.98 Å². The van der Waals surface area contributed by atoms with Crippen LogP contribution in [0.5, 0.6) is 5.75 Å². The highest BCUT2D eigenvalue weighted by Gasteiger charge is 2.06. The number of aliphatic imine (C=N–C) groups is 1. The third-order valence-electron chi connectivity index (χ3n) is 4.65. The maximum absolute atomic E-state index is 5.79. The Morgan fingerprint density at radius 2 is 1.94 bits per heavy atom. The smallest absolute Gasteiger partial charge is 0.191 e. The van der Waals surface area contributed by atoms with Gasteiger partial charge in [0, 0.05) is 37.6 Å². The molecule has 2 N–H and O–H groups in total. The SMILES string of the molecule is CCNC(=NCc1cccc(Cn2ccnc2)c1)NCc1ccc(C)cc1OCC.I. The lowest BCUT2D eigenvalue weighted by molar-refractivity contribution is 0.336. The summed E-state index contributed by atoms with van der Waals surface area (Å²) in [7, 11) is 0. The van der Waals surface area contributed by atoms with Crippen LogP contribution in [0.4, 0.5) is 0 Å². The highest BCUT2D eigenvalue weighted by atomic mass is 127. The minimum Gasteiger partial charge on any atom is -0.494 e. The molecular weight excluding hydrogens is 501 g/mol. The largest absolute Gasteiger partial charge is 0.494 e. The molecule has 3 aromatic rings. The van der Waals surface area contributed by atoms with Crippen LogP contribution in [0.3, 0.4) is 0 Å². The van der Waals surface area contributed by atoms with Gasteiger partial charge in [-0.05, 0) is 43.5 Å². The predicted molar refractivity (Wildman–Crippen MR) is 137 cm³/mol. The molecule has 0 saturated heterocycles. The lowest BCUT2D eigenvalue weighted by Crippen LogP contribution is -2.36. The van der Waals surface area contributed by atoms with Crippen LogP contribution in [-0.4, -0.2) is 28.7 Å². The fourth-order valence-corrected chi connectivity index (χ4v) is 3.21. The van der Waals surface area contributed by atoms with Crippen molar-refractivity contribution in [3.8, 4) is 5.75 Å². The van der Waals surface area contributed by atoms with Gasteiger partial charge in [0.1, 0.15) is 5.75 Å². The molecule has 166 valence electrons. The van der Waals surface area contributed by atoms with Gasteiger partial charge in [0.05, 0.1) is 19.5 Å². The summed E-state index contributed by atoms with van der Waals surface area (Å²) in [6.07, 6.45) is 5.60. The predicted octanol–water partition coefficient (Wildman–Crippen LogP) is 4.51. The van der Waals surface area contributed by atoms with Crippen molar-refractivity contribution in [2.75, 3.05) is 13.2 Å². The summed E-state index contributed by atoms with van der Waals surface area (Å²) in [5.41, 5.74) is 4.73. The van der Waals surface area contributed by atoms with Gasteiger partial charge >= 0.3 is 0 Å². The number of hydrogen-bond acceptors (Lipinski definition) is 3. The van der Waals surface area contributed by atoms with Crippen molar-refractivity contribution in [3.05, 3.63) is 83.4 Å². The van der Waals surface area contributed by atoms with E-state index in [1.165, 1.54) is 16.7 Å². The van der Waals surface area contributed by atoms with Crippen molar-refractivity contribution in [1.82, 2.24) is 20.2 Å². The highest BCUT2D eigenvalue weighted by molar-refractivity contribution is 14.0. The number of aryl methyl sites for hydroxylation is 1. The minimum atomic E-state index is 0. The Hall–Kier alpha value is -2.55. The number of ether oxygens (including phenoxy) is 1. The molecule has 1 aromatic heterocycles. The number of rotatable bonds is 9. The molecule has 31 heavy (non-hydrogen) atoms. The third-order valence-corrected chi connectivity index (χ3v) is 4.65. The molecule has 0 amide bonds. The van der Waals surface area contributed by atoms with Crippen LogP contribution in [0, 0.1) is 6.92 Å². The van der Waals surface area contributed by atoms with E-state index in [0.29, 0.717) is 19.7 Å². The van der Waals surface area contributed by atoms with Crippen LogP contribution in [0.1, 0.15) is 36.1 Å². The van der Waals surface area contributed by atoms with Gasteiger partial charge in [-0.15, -0.1) is 24.0 Å². The molecule has 0 aliphatic carbocycles.